The average Bonchev–Trinajstić information content (AvgIpc) is 2.55. The quantitative estimate of drug-likeness (QED) is 0.733. The fraction of sp³-hybridized carbons (Fsp3) is 0.429. The van der Waals surface area contributed by atoms with Crippen LogP contribution in [0.1, 0.15) is 6.42 Å². The van der Waals surface area contributed by atoms with Crippen molar-refractivity contribution in [2.45, 2.75) is 23.7 Å². The van der Waals surface area contributed by atoms with Gasteiger partial charge in [0.1, 0.15) is 11.8 Å². The van der Waals surface area contributed by atoms with E-state index in [1.165, 1.54) is 0 Å². The third-order valence-corrected chi connectivity index (χ3v) is 5.42. The number of amides is 1. The van der Waals surface area contributed by atoms with Gasteiger partial charge in [0, 0.05) is 19.2 Å². The van der Waals surface area contributed by atoms with Crippen LogP contribution in [-0.2, 0) is 24.3 Å². The number of carbonyl (C=O) groups excluding carboxylic acids is 2. The highest BCUT2D eigenvalue weighted by molar-refractivity contribution is 7.89. The summed E-state index contributed by atoms with van der Waals surface area (Å²) in [5.74, 6) is -2.22. The predicted molar refractivity (Wildman–Crippen MR) is 80.4 cm³/mol. The molecular weight excluding hydrogens is 381 g/mol. The number of piperazine rings is 1. The van der Waals surface area contributed by atoms with Crippen molar-refractivity contribution in [3.8, 4) is 5.75 Å². The Morgan fingerprint density at radius 1 is 1.38 bits per heavy atom. The number of ether oxygens (including phenoxy) is 2. The van der Waals surface area contributed by atoms with E-state index in [9.17, 15) is 31.2 Å². The number of halogens is 3. The second kappa shape index (κ2) is 7.50. The van der Waals surface area contributed by atoms with Crippen LogP contribution in [0.25, 0.3) is 0 Å². The van der Waals surface area contributed by atoms with Gasteiger partial charge in [0.15, 0.2) is 0 Å². The number of hydrogen-bond acceptors (Lipinski definition) is 6. The summed E-state index contributed by atoms with van der Waals surface area (Å²) in [5, 5.41) is 2.43. The molecule has 0 radical (unpaired) electrons. The third kappa shape index (κ3) is 4.64. The van der Waals surface area contributed by atoms with Gasteiger partial charge in [-0.15, -0.1) is 13.2 Å². The molecule has 144 valence electrons. The molecule has 1 N–H and O–H groups in total. The molecule has 0 aliphatic carbocycles. The van der Waals surface area contributed by atoms with E-state index in [0.717, 1.165) is 29.6 Å². The molecule has 0 aromatic heterocycles. The minimum atomic E-state index is -4.99. The molecular formula is C14H15F3N2O6S. The van der Waals surface area contributed by atoms with E-state index in [1.807, 2.05) is 0 Å². The molecule has 1 unspecified atom stereocenters. The van der Waals surface area contributed by atoms with Crippen LogP contribution in [0.5, 0.6) is 5.75 Å². The summed E-state index contributed by atoms with van der Waals surface area (Å²) in [5.41, 5.74) is 0. The van der Waals surface area contributed by atoms with Crippen molar-refractivity contribution in [3.63, 3.8) is 0 Å². The first-order valence-corrected chi connectivity index (χ1v) is 8.71. The van der Waals surface area contributed by atoms with Crippen molar-refractivity contribution in [3.05, 3.63) is 24.3 Å². The lowest BCUT2D eigenvalue weighted by atomic mass is 10.1. The number of nitrogens with zero attached hydrogens (tertiary/aromatic N) is 1. The Balaban J connectivity index is 2.36. The summed E-state index contributed by atoms with van der Waals surface area (Å²) in [6.45, 7) is -0.158. The summed E-state index contributed by atoms with van der Waals surface area (Å²) in [4.78, 5) is 23.0. The lowest BCUT2D eigenvalue weighted by Crippen LogP contribution is -2.57. The number of nitrogens with one attached hydrogen (secondary N) is 1. The molecule has 1 heterocycles. The Labute approximate surface area is 146 Å². The van der Waals surface area contributed by atoms with Crippen LogP contribution in [0, 0.1) is 0 Å². The van der Waals surface area contributed by atoms with Crippen LogP contribution in [0.3, 0.4) is 0 Å². The number of esters is 1. The van der Waals surface area contributed by atoms with E-state index >= 15 is 0 Å². The first-order chi connectivity index (χ1) is 12.0. The molecule has 1 amide bonds. The zero-order valence-corrected chi connectivity index (χ0v) is 14.3. The second-order valence-electron chi connectivity index (χ2n) is 5.23. The van der Waals surface area contributed by atoms with Crippen molar-refractivity contribution in [2.24, 2.45) is 0 Å². The Morgan fingerprint density at radius 3 is 2.69 bits per heavy atom. The van der Waals surface area contributed by atoms with E-state index in [1.54, 1.807) is 0 Å². The van der Waals surface area contributed by atoms with Crippen molar-refractivity contribution in [1.82, 2.24) is 9.62 Å². The van der Waals surface area contributed by atoms with Crippen LogP contribution >= 0.6 is 0 Å². The molecule has 0 spiro atoms. The highest BCUT2D eigenvalue weighted by Gasteiger charge is 2.40. The monoisotopic (exact) mass is 396 g/mol. The lowest BCUT2D eigenvalue weighted by Gasteiger charge is -2.33. The number of benzene rings is 1. The van der Waals surface area contributed by atoms with Crippen LogP contribution in [-0.4, -0.2) is 57.2 Å². The van der Waals surface area contributed by atoms with Gasteiger partial charge in [-0.25, -0.2) is 8.42 Å². The SMILES string of the molecule is COC(=O)CC1C(=O)NCCN1S(=O)(=O)c1cccc(OC(F)(F)F)c1. The van der Waals surface area contributed by atoms with Gasteiger partial charge in [0.05, 0.1) is 18.4 Å². The van der Waals surface area contributed by atoms with Gasteiger partial charge in [-0.2, -0.15) is 4.31 Å². The summed E-state index contributed by atoms with van der Waals surface area (Å²) in [6, 6.07) is 2.42. The van der Waals surface area contributed by atoms with Gasteiger partial charge in [0.2, 0.25) is 15.9 Å². The minimum absolute atomic E-state index is 0.00548. The molecule has 1 aliphatic rings. The molecule has 0 saturated carbocycles. The Kier molecular flexibility index (Phi) is 5.76. The molecule has 1 fully saturated rings. The minimum Gasteiger partial charge on any atom is -0.469 e. The molecule has 1 atom stereocenters. The summed E-state index contributed by atoms with van der Waals surface area (Å²) < 4.78 is 71.5. The Morgan fingerprint density at radius 2 is 2.08 bits per heavy atom. The lowest BCUT2D eigenvalue weighted by molar-refractivity contribution is -0.274. The van der Waals surface area contributed by atoms with Gasteiger partial charge >= 0.3 is 12.3 Å². The van der Waals surface area contributed by atoms with Gasteiger partial charge in [-0.05, 0) is 12.1 Å². The molecule has 1 aliphatic heterocycles. The van der Waals surface area contributed by atoms with Crippen LogP contribution in [0.15, 0.2) is 29.2 Å². The molecule has 12 heteroatoms. The third-order valence-electron chi connectivity index (χ3n) is 3.52. The van der Waals surface area contributed by atoms with Crippen LogP contribution in [0.4, 0.5) is 13.2 Å². The maximum atomic E-state index is 12.8. The zero-order valence-electron chi connectivity index (χ0n) is 13.4. The van der Waals surface area contributed by atoms with Crippen molar-refractivity contribution in [2.75, 3.05) is 20.2 Å². The van der Waals surface area contributed by atoms with Crippen molar-refractivity contribution < 1.29 is 40.7 Å². The number of rotatable bonds is 5. The Hall–Kier alpha value is -2.34. The first-order valence-electron chi connectivity index (χ1n) is 7.27. The van der Waals surface area contributed by atoms with E-state index in [0.29, 0.717) is 6.07 Å². The van der Waals surface area contributed by atoms with E-state index in [2.05, 4.69) is 14.8 Å². The maximum Gasteiger partial charge on any atom is 0.573 e. The molecule has 1 aromatic rings. The highest BCUT2D eigenvalue weighted by Crippen LogP contribution is 2.28. The number of alkyl halides is 3. The van der Waals surface area contributed by atoms with Crippen LogP contribution in [0.2, 0.25) is 0 Å². The molecule has 0 bridgehead atoms. The second-order valence-corrected chi connectivity index (χ2v) is 7.12. The topological polar surface area (TPSA) is 102 Å². The van der Waals surface area contributed by atoms with Crippen molar-refractivity contribution >= 4 is 21.9 Å². The molecule has 26 heavy (non-hydrogen) atoms. The highest BCUT2D eigenvalue weighted by atomic mass is 32.2. The molecule has 1 saturated heterocycles. The normalized spacial score (nSPS) is 18.9. The number of carbonyl (C=O) groups is 2. The summed E-state index contributed by atoms with van der Waals surface area (Å²) in [6.07, 6.45) is -5.51. The summed E-state index contributed by atoms with van der Waals surface area (Å²) in [7, 11) is -3.28. The first kappa shape index (κ1) is 20.0. The van der Waals surface area contributed by atoms with Gasteiger partial charge in [-0.3, -0.25) is 9.59 Å². The predicted octanol–water partition coefficient (Wildman–Crippen LogP) is 0.637. The van der Waals surface area contributed by atoms with Crippen LogP contribution < -0.4 is 10.1 Å². The average molecular weight is 396 g/mol. The number of methoxy groups -OCH3 is 1. The van der Waals surface area contributed by atoms with Gasteiger partial charge in [0.25, 0.3) is 0 Å². The molecule has 2 rings (SSSR count). The van der Waals surface area contributed by atoms with Crippen molar-refractivity contribution in [1.29, 1.82) is 0 Å². The molecule has 1 aromatic carbocycles. The Bertz CT molecular complexity index is 796. The fourth-order valence-electron chi connectivity index (χ4n) is 2.38. The molecule has 8 nitrogen and oxygen atoms in total. The van der Waals surface area contributed by atoms with Gasteiger partial charge < -0.3 is 14.8 Å². The largest absolute Gasteiger partial charge is 0.573 e. The standard InChI is InChI=1S/C14H15F3N2O6S/c1-24-12(20)8-11-13(21)18-5-6-19(11)26(22,23)10-4-2-3-9(7-10)25-14(15,16)17/h2-4,7,11H,5-6,8H2,1H3,(H,18,21). The zero-order chi connectivity index (χ0) is 19.5. The fourth-order valence-corrected chi connectivity index (χ4v) is 4.01. The van der Waals surface area contributed by atoms with Gasteiger partial charge in [-0.1, -0.05) is 6.07 Å². The van der Waals surface area contributed by atoms with E-state index in [4.69, 9.17) is 0 Å². The number of sulfonamides is 1. The maximum absolute atomic E-state index is 12.8. The van der Waals surface area contributed by atoms with E-state index in [-0.39, 0.29) is 13.1 Å². The summed E-state index contributed by atoms with van der Waals surface area (Å²) >= 11 is 0. The smallest absolute Gasteiger partial charge is 0.469 e. The van der Waals surface area contributed by atoms with E-state index < -0.39 is 51.4 Å². The number of hydrogen-bond donors (Lipinski definition) is 1.